The van der Waals surface area contributed by atoms with Gasteiger partial charge in [0.1, 0.15) is 11.5 Å². The molecule has 0 aliphatic rings. The molecule has 0 unspecified atom stereocenters. The van der Waals surface area contributed by atoms with E-state index in [1.165, 1.54) is 19.1 Å². The molecular formula is C12H10BrFN4O2. The van der Waals surface area contributed by atoms with Crippen LogP contribution < -0.4 is 5.32 Å². The third kappa shape index (κ3) is 2.46. The Morgan fingerprint density at radius 3 is 2.70 bits per heavy atom. The van der Waals surface area contributed by atoms with Gasteiger partial charge in [-0.15, -0.1) is 0 Å². The van der Waals surface area contributed by atoms with Crippen molar-refractivity contribution in [2.24, 2.45) is 0 Å². The highest BCUT2D eigenvalue weighted by atomic mass is 79.9. The number of hydrogen-bond acceptors (Lipinski definition) is 5. The second-order valence-electron chi connectivity index (χ2n) is 3.94. The second kappa shape index (κ2) is 5.49. The van der Waals surface area contributed by atoms with E-state index in [4.69, 9.17) is 0 Å². The molecule has 1 aromatic heterocycles. The summed E-state index contributed by atoms with van der Waals surface area (Å²) in [5.74, 6) is -0.404. The van der Waals surface area contributed by atoms with Crippen LogP contribution in [0.3, 0.4) is 0 Å². The third-order valence-corrected chi connectivity index (χ3v) is 3.28. The minimum Gasteiger partial charge on any atom is -0.357 e. The Morgan fingerprint density at radius 1 is 1.40 bits per heavy atom. The predicted molar refractivity (Wildman–Crippen MR) is 76.1 cm³/mol. The Bertz CT molecular complexity index is 693. The summed E-state index contributed by atoms with van der Waals surface area (Å²) in [5.41, 5.74) is -0.136. The van der Waals surface area contributed by atoms with Crippen molar-refractivity contribution in [1.29, 1.82) is 0 Å². The van der Waals surface area contributed by atoms with Crippen LogP contribution in [-0.2, 0) is 0 Å². The number of halogens is 2. The van der Waals surface area contributed by atoms with Gasteiger partial charge >= 0.3 is 5.69 Å². The summed E-state index contributed by atoms with van der Waals surface area (Å²) in [4.78, 5) is 18.5. The second-order valence-corrected chi connectivity index (χ2v) is 4.79. The van der Waals surface area contributed by atoms with Crippen molar-refractivity contribution in [2.45, 2.75) is 6.92 Å². The zero-order chi connectivity index (χ0) is 14.9. The minimum absolute atomic E-state index is 0.0491. The lowest BCUT2D eigenvalue weighted by Crippen LogP contribution is -2.05. The lowest BCUT2D eigenvalue weighted by molar-refractivity contribution is -0.385. The molecule has 1 aromatic carbocycles. The molecule has 0 aliphatic heterocycles. The van der Waals surface area contributed by atoms with E-state index in [1.807, 2.05) is 0 Å². The highest BCUT2D eigenvalue weighted by molar-refractivity contribution is 9.10. The summed E-state index contributed by atoms with van der Waals surface area (Å²) < 4.78 is 14.4. The lowest BCUT2D eigenvalue weighted by atomic mass is 10.1. The summed E-state index contributed by atoms with van der Waals surface area (Å²) >= 11 is 3.06. The van der Waals surface area contributed by atoms with Gasteiger partial charge in [-0.1, -0.05) is 6.07 Å². The van der Waals surface area contributed by atoms with Crippen LogP contribution >= 0.6 is 15.9 Å². The SMILES string of the molecule is CNc1nc(C)c([N+](=O)[O-])c(-c2cccc(Br)c2F)n1. The normalized spacial score (nSPS) is 10.4. The first-order valence-electron chi connectivity index (χ1n) is 5.61. The van der Waals surface area contributed by atoms with Crippen LogP contribution in [-0.4, -0.2) is 21.9 Å². The van der Waals surface area contributed by atoms with Crippen LogP contribution in [0.5, 0.6) is 0 Å². The van der Waals surface area contributed by atoms with Crippen molar-refractivity contribution in [3.8, 4) is 11.3 Å². The molecule has 0 saturated heterocycles. The summed E-state index contributed by atoms with van der Waals surface area (Å²) in [5, 5.41) is 13.9. The molecule has 0 aliphatic carbocycles. The molecule has 8 heteroatoms. The predicted octanol–water partition coefficient (Wildman–Crippen LogP) is 3.30. The Labute approximate surface area is 122 Å². The maximum Gasteiger partial charge on any atom is 0.316 e. The molecule has 0 spiro atoms. The largest absolute Gasteiger partial charge is 0.357 e. The number of nitrogens with one attached hydrogen (secondary N) is 1. The molecule has 1 heterocycles. The number of hydrogen-bond donors (Lipinski definition) is 1. The molecule has 6 nitrogen and oxygen atoms in total. The van der Waals surface area contributed by atoms with E-state index >= 15 is 0 Å². The maximum atomic E-state index is 14.1. The third-order valence-electron chi connectivity index (χ3n) is 2.67. The maximum absolute atomic E-state index is 14.1. The van der Waals surface area contributed by atoms with E-state index in [2.05, 4.69) is 31.2 Å². The molecule has 0 atom stereocenters. The first kappa shape index (κ1) is 14.3. The number of rotatable bonds is 3. The van der Waals surface area contributed by atoms with Crippen molar-refractivity contribution < 1.29 is 9.31 Å². The first-order chi connectivity index (χ1) is 9.45. The molecule has 2 aromatic rings. The monoisotopic (exact) mass is 340 g/mol. The van der Waals surface area contributed by atoms with E-state index in [1.54, 1.807) is 13.1 Å². The molecule has 20 heavy (non-hydrogen) atoms. The van der Waals surface area contributed by atoms with Crippen molar-refractivity contribution >= 4 is 27.6 Å². The van der Waals surface area contributed by atoms with Crippen LogP contribution in [0.15, 0.2) is 22.7 Å². The fourth-order valence-corrected chi connectivity index (χ4v) is 2.14. The van der Waals surface area contributed by atoms with Gasteiger partial charge in [0.05, 0.1) is 9.40 Å². The highest BCUT2D eigenvalue weighted by Gasteiger charge is 2.25. The van der Waals surface area contributed by atoms with Gasteiger partial charge in [-0.25, -0.2) is 14.4 Å². The molecule has 0 fully saturated rings. The molecule has 0 bridgehead atoms. The van der Waals surface area contributed by atoms with E-state index in [-0.39, 0.29) is 33.1 Å². The van der Waals surface area contributed by atoms with E-state index in [0.29, 0.717) is 0 Å². The Morgan fingerprint density at radius 2 is 2.10 bits per heavy atom. The zero-order valence-electron chi connectivity index (χ0n) is 10.6. The molecule has 104 valence electrons. The van der Waals surface area contributed by atoms with Crippen LogP contribution in [0.1, 0.15) is 5.69 Å². The van der Waals surface area contributed by atoms with Gasteiger partial charge < -0.3 is 5.32 Å². The van der Waals surface area contributed by atoms with Gasteiger partial charge in [0.15, 0.2) is 5.69 Å². The smallest absolute Gasteiger partial charge is 0.316 e. The first-order valence-corrected chi connectivity index (χ1v) is 6.40. The zero-order valence-corrected chi connectivity index (χ0v) is 12.2. The van der Waals surface area contributed by atoms with Crippen LogP contribution in [0.25, 0.3) is 11.3 Å². The summed E-state index contributed by atoms with van der Waals surface area (Å²) in [7, 11) is 1.58. The van der Waals surface area contributed by atoms with Gasteiger partial charge in [0.25, 0.3) is 0 Å². The van der Waals surface area contributed by atoms with Crippen molar-refractivity contribution in [3.05, 3.63) is 44.3 Å². The highest BCUT2D eigenvalue weighted by Crippen LogP contribution is 2.34. The molecule has 1 N–H and O–H groups in total. The van der Waals surface area contributed by atoms with Crippen LogP contribution in [0.4, 0.5) is 16.0 Å². The molecule has 0 radical (unpaired) electrons. The van der Waals surface area contributed by atoms with Crippen molar-refractivity contribution in [3.63, 3.8) is 0 Å². The number of aryl methyl sites for hydroxylation is 1. The Hall–Kier alpha value is -2.09. The number of benzene rings is 1. The Balaban J connectivity index is 2.80. The fourth-order valence-electron chi connectivity index (χ4n) is 1.77. The average Bonchev–Trinajstić information content (AvgIpc) is 2.40. The number of nitrogens with zero attached hydrogens (tertiary/aromatic N) is 3. The van der Waals surface area contributed by atoms with Crippen molar-refractivity contribution in [2.75, 3.05) is 12.4 Å². The van der Waals surface area contributed by atoms with Crippen LogP contribution in [0.2, 0.25) is 0 Å². The summed E-state index contributed by atoms with van der Waals surface area (Å²) in [6, 6.07) is 4.54. The van der Waals surface area contributed by atoms with Gasteiger partial charge in [0, 0.05) is 12.6 Å². The molecule has 0 amide bonds. The molecular weight excluding hydrogens is 331 g/mol. The van der Waals surface area contributed by atoms with E-state index < -0.39 is 10.7 Å². The number of anilines is 1. The lowest BCUT2D eigenvalue weighted by Gasteiger charge is -2.08. The van der Waals surface area contributed by atoms with E-state index in [0.717, 1.165) is 0 Å². The molecule has 0 saturated carbocycles. The van der Waals surface area contributed by atoms with Gasteiger partial charge in [-0.05, 0) is 35.0 Å². The van der Waals surface area contributed by atoms with Crippen molar-refractivity contribution in [1.82, 2.24) is 9.97 Å². The van der Waals surface area contributed by atoms with Gasteiger partial charge in [-0.2, -0.15) is 0 Å². The minimum atomic E-state index is -0.607. The van der Waals surface area contributed by atoms with Gasteiger partial charge in [0.2, 0.25) is 5.95 Å². The van der Waals surface area contributed by atoms with Gasteiger partial charge in [-0.3, -0.25) is 10.1 Å². The number of aromatic nitrogens is 2. The quantitative estimate of drug-likeness (QED) is 0.684. The summed E-state index contributed by atoms with van der Waals surface area (Å²) in [6.07, 6.45) is 0. The molecule has 2 rings (SSSR count). The van der Waals surface area contributed by atoms with E-state index in [9.17, 15) is 14.5 Å². The van der Waals surface area contributed by atoms with Crippen LogP contribution in [0, 0.1) is 22.9 Å². The topological polar surface area (TPSA) is 81.0 Å². The fraction of sp³-hybridized carbons (Fsp3) is 0.167. The number of nitro groups is 1. The Kier molecular flexibility index (Phi) is 3.93. The standard InChI is InChI=1S/C12H10BrFN4O2/c1-6-11(18(19)20)10(17-12(15-2)16-6)7-4-3-5-8(13)9(7)14/h3-5H,1-2H3,(H,15,16,17). The summed E-state index contributed by atoms with van der Waals surface area (Å²) in [6.45, 7) is 1.49. The average molecular weight is 341 g/mol.